The van der Waals surface area contributed by atoms with E-state index in [1.54, 1.807) is 6.92 Å². The molecule has 0 unspecified atom stereocenters. The van der Waals surface area contributed by atoms with Gasteiger partial charge in [0.2, 0.25) is 0 Å². The van der Waals surface area contributed by atoms with Gasteiger partial charge >= 0.3 is 0 Å². The molecule has 2 aromatic rings. The van der Waals surface area contributed by atoms with E-state index in [9.17, 15) is 18.5 Å². The number of nitrogens with zero attached hydrogens (tertiary/aromatic N) is 3. The molecule has 2 rings (SSSR count). The number of nitro groups is 1. The number of aromatic nitrogens is 3. The maximum atomic E-state index is 12.1. The largest absolute Gasteiger partial charge is 0.291 e. The van der Waals surface area contributed by atoms with Crippen LogP contribution in [0.2, 0.25) is 5.02 Å². The molecule has 0 saturated carbocycles. The molecule has 0 amide bonds. The third-order valence-electron chi connectivity index (χ3n) is 2.23. The number of H-pyrrole nitrogens is 1. The minimum absolute atomic E-state index is 0.0596. The Bertz CT molecular complexity index is 772. The maximum absolute atomic E-state index is 12.1. The van der Waals surface area contributed by atoms with Crippen LogP contribution in [0.15, 0.2) is 23.1 Å². The molecule has 0 radical (unpaired) electrons. The van der Waals surface area contributed by atoms with Crippen LogP contribution < -0.4 is 4.72 Å². The molecular formula is C9H8ClN5O4S. The molecule has 0 bridgehead atoms. The molecule has 9 nitrogen and oxygen atoms in total. The fraction of sp³-hybridized carbons (Fsp3) is 0.111. The third kappa shape index (κ3) is 2.86. The van der Waals surface area contributed by atoms with Gasteiger partial charge in [0.1, 0.15) is 5.82 Å². The van der Waals surface area contributed by atoms with Crippen molar-refractivity contribution < 1.29 is 13.3 Å². The van der Waals surface area contributed by atoms with E-state index in [0.29, 0.717) is 5.82 Å². The van der Waals surface area contributed by atoms with Crippen molar-refractivity contribution in [1.29, 1.82) is 0 Å². The average molecular weight is 318 g/mol. The molecule has 106 valence electrons. The third-order valence-corrected chi connectivity index (χ3v) is 3.84. The first-order valence-electron chi connectivity index (χ1n) is 5.15. The molecule has 0 aliphatic carbocycles. The summed E-state index contributed by atoms with van der Waals surface area (Å²) in [7, 11) is -4.19. The van der Waals surface area contributed by atoms with Crippen molar-refractivity contribution in [2.24, 2.45) is 0 Å². The lowest BCUT2D eigenvalue weighted by atomic mass is 10.3. The van der Waals surface area contributed by atoms with Crippen LogP contribution >= 0.6 is 11.6 Å². The van der Waals surface area contributed by atoms with Crippen LogP contribution in [0.3, 0.4) is 0 Å². The second-order valence-electron chi connectivity index (χ2n) is 3.72. The summed E-state index contributed by atoms with van der Waals surface area (Å²) in [4.78, 5) is 13.3. The monoisotopic (exact) mass is 317 g/mol. The zero-order chi connectivity index (χ0) is 14.9. The van der Waals surface area contributed by atoms with Crippen LogP contribution in [0.4, 0.5) is 11.6 Å². The summed E-state index contributed by atoms with van der Waals surface area (Å²) < 4.78 is 26.2. The molecule has 0 atom stereocenters. The zero-order valence-corrected chi connectivity index (χ0v) is 11.6. The topological polar surface area (TPSA) is 131 Å². The number of nitrogens with one attached hydrogen (secondary N) is 2. The Morgan fingerprint density at radius 1 is 1.45 bits per heavy atom. The van der Waals surface area contributed by atoms with E-state index in [1.807, 2.05) is 4.72 Å². The van der Waals surface area contributed by atoms with Gasteiger partial charge in [0, 0.05) is 11.1 Å². The fourth-order valence-corrected chi connectivity index (χ4v) is 2.69. The van der Waals surface area contributed by atoms with Crippen molar-refractivity contribution in [3.8, 4) is 0 Å². The van der Waals surface area contributed by atoms with Crippen molar-refractivity contribution in [3.63, 3.8) is 0 Å². The lowest BCUT2D eigenvalue weighted by molar-refractivity contribution is -0.387. The van der Waals surface area contributed by atoms with Crippen molar-refractivity contribution >= 4 is 33.3 Å². The average Bonchev–Trinajstić information content (AvgIpc) is 2.73. The molecule has 0 spiro atoms. The Morgan fingerprint density at radius 3 is 2.70 bits per heavy atom. The SMILES string of the molecule is Cc1nc(NS(=O)(=O)c2ccc(Cl)cc2[N+](=O)[O-])n[nH]1. The smallest absolute Gasteiger partial charge is 0.261 e. The van der Waals surface area contributed by atoms with Crippen molar-refractivity contribution in [3.05, 3.63) is 39.2 Å². The number of anilines is 1. The van der Waals surface area contributed by atoms with Gasteiger partial charge in [0.25, 0.3) is 21.7 Å². The van der Waals surface area contributed by atoms with Crippen LogP contribution in [0.1, 0.15) is 5.82 Å². The normalized spacial score (nSPS) is 11.3. The van der Waals surface area contributed by atoms with E-state index < -0.39 is 25.5 Å². The van der Waals surface area contributed by atoms with Crippen LogP contribution in [0.5, 0.6) is 0 Å². The van der Waals surface area contributed by atoms with E-state index in [0.717, 1.165) is 12.1 Å². The predicted molar refractivity (Wildman–Crippen MR) is 70.0 cm³/mol. The first-order chi connectivity index (χ1) is 9.29. The molecule has 1 aromatic heterocycles. The molecular weight excluding hydrogens is 310 g/mol. The fourth-order valence-electron chi connectivity index (χ4n) is 1.42. The van der Waals surface area contributed by atoms with Crippen molar-refractivity contribution in [1.82, 2.24) is 15.2 Å². The highest BCUT2D eigenvalue weighted by Gasteiger charge is 2.27. The molecule has 1 aromatic carbocycles. The van der Waals surface area contributed by atoms with Gasteiger partial charge in [-0.2, -0.15) is 4.98 Å². The van der Waals surface area contributed by atoms with Gasteiger partial charge in [-0.15, -0.1) is 5.10 Å². The highest BCUT2D eigenvalue weighted by atomic mass is 35.5. The summed E-state index contributed by atoms with van der Waals surface area (Å²) in [6, 6.07) is 3.24. The summed E-state index contributed by atoms with van der Waals surface area (Å²) in [5.74, 6) is 0.194. The Morgan fingerprint density at radius 2 is 2.15 bits per heavy atom. The summed E-state index contributed by atoms with van der Waals surface area (Å²) in [6.07, 6.45) is 0. The minimum atomic E-state index is -4.19. The second kappa shape index (κ2) is 5.06. The number of halogens is 1. The summed E-state index contributed by atoms with van der Waals surface area (Å²) in [6.45, 7) is 1.58. The number of nitro benzene ring substituents is 1. The van der Waals surface area contributed by atoms with Crippen molar-refractivity contribution in [2.75, 3.05) is 4.72 Å². The van der Waals surface area contributed by atoms with Crippen molar-refractivity contribution in [2.45, 2.75) is 11.8 Å². The van der Waals surface area contributed by atoms with E-state index in [1.165, 1.54) is 6.07 Å². The molecule has 1 heterocycles. The summed E-state index contributed by atoms with van der Waals surface area (Å²) in [5, 5.41) is 17.0. The van der Waals surface area contributed by atoms with E-state index in [2.05, 4.69) is 15.2 Å². The van der Waals surface area contributed by atoms with Gasteiger partial charge in [0.05, 0.1) is 4.92 Å². The minimum Gasteiger partial charge on any atom is -0.261 e. The van der Waals surface area contributed by atoms with E-state index in [4.69, 9.17) is 11.6 Å². The molecule has 2 N–H and O–H groups in total. The molecule has 20 heavy (non-hydrogen) atoms. The highest BCUT2D eigenvalue weighted by Crippen LogP contribution is 2.28. The van der Waals surface area contributed by atoms with Crippen LogP contribution in [-0.2, 0) is 10.0 Å². The first kappa shape index (κ1) is 14.2. The first-order valence-corrected chi connectivity index (χ1v) is 7.01. The molecule has 0 aliphatic heterocycles. The van der Waals surface area contributed by atoms with Crippen LogP contribution in [-0.4, -0.2) is 28.5 Å². The Kier molecular flexibility index (Phi) is 3.59. The Hall–Kier alpha value is -2.20. The lowest BCUT2D eigenvalue weighted by Crippen LogP contribution is -2.15. The quantitative estimate of drug-likeness (QED) is 0.648. The summed E-state index contributed by atoms with van der Waals surface area (Å²) in [5.41, 5.74) is -0.628. The predicted octanol–water partition coefficient (Wildman–Crippen LogP) is 1.48. The Balaban J connectivity index is 2.46. The zero-order valence-electron chi connectivity index (χ0n) is 9.99. The van der Waals surface area contributed by atoms with Gasteiger partial charge in [0.15, 0.2) is 4.90 Å². The number of benzene rings is 1. The van der Waals surface area contributed by atoms with E-state index >= 15 is 0 Å². The molecule has 11 heteroatoms. The molecule has 0 saturated heterocycles. The second-order valence-corrected chi connectivity index (χ2v) is 5.81. The van der Waals surface area contributed by atoms with Crippen LogP contribution in [0.25, 0.3) is 0 Å². The standard InChI is InChI=1S/C9H8ClN5O4S/c1-5-11-9(13-12-5)14-20(18,19)8-3-2-6(10)4-7(8)15(16)17/h2-4H,1H3,(H2,11,12,13,14). The van der Waals surface area contributed by atoms with Crippen LogP contribution in [0, 0.1) is 17.0 Å². The number of sulfonamides is 1. The van der Waals surface area contributed by atoms with Gasteiger partial charge in [-0.1, -0.05) is 11.6 Å². The van der Waals surface area contributed by atoms with E-state index in [-0.39, 0.29) is 11.0 Å². The van der Waals surface area contributed by atoms with Gasteiger partial charge in [-0.05, 0) is 19.1 Å². The molecule has 0 aliphatic rings. The number of rotatable bonds is 4. The van der Waals surface area contributed by atoms with Gasteiger partial charge in [-0.25, -0.2) is 13.1 Å². The number of aromatic amines is 1. The molecule has 0 fully saturated rings. The number of hydrogen-bond acceptors (Lipinski definition) is 6. The maximum Gasteiger partial charge on any atom is 0.291 e. The number of hydrogen-bond donors (Lipinski definition) is 2. The number of aryl methyl sites for hydroxylation is 1. The Labute approximate surface area is 118 Å². The lowest BCUT2D eigenvalue weighted by Gasteiger charge is -2.05. The van der Waals surface area contributed by atoms with Gasteiger partial charge in [-0.3, -0.25) is 15.2 Å². The highest BCUT2D eigenvalue weighted by molar-refractivity contribution is 7.92. The van der Waals surface area contributed by atoms with Gasteiger partial charge < -0.3 is 0 Å². The summed E-state index contributed by atoms with van der Waals surface area (Å²) >= 11 is 5.63.